The van der Waals surface area contributed by atoms with E-state index in [1.165, 1.54) is 25.3 Å². The number of piperidine rings is 1. The lowest BCUT2D eigenvalue weighted by molar-refractivity contribution is -0.120. The number of hydrogen-bond acceptors (Lipinski definition) is 2. The summed E-state index contributed by atoms with van der Waals surface area (Å²) in [6, 6.07) is 6.54. The van der Waals surface area contributed by atoms with E-state index in [1.807, 2.05) is 0 Å². The number of rotatable bonds is 5. The van der Waals surface area contributed by atoms with Crippen molar-refractivity contribution in [2.24, 2.45) is 5.92 Å². The normalized spacial score (nSPS) is 20.4. The fourth-order valence-corrected chi connectivity index (χ4v) is 2.79. The third-order valence-corrected chi connectivity index (χ3v) is 3.93. The van der Waals surface area contributed by atoms with Crippen molar-refractivity contribution in [2.45, 2.75) is 32.6 Å². The average Bonchev–Trinajstić information content (AvgIpc) is 2.41. The summed E-state index contributed by atoms with van der Waals surface area (Å²) in [5.41, 5.74) is 0.511. The number of benzene rings is 1. The van der Waals surface area contributed by atoms with Crippen molar-refractivity contribution < 1.29 is 9.18 Å². The van der Waals surface area contributed by atoms with Crippen LogP contribution < -0.4 is 0 Å². The van der Waals surface area contributed by atoms with E-state index in [4.69, 9.17) is 0 Å². The lowest BCUT2D eigenvalue weighted by Crippen LogP contribution is -2.39. The van der Waals surface area contributed by atoms with Gasteiger partial charge in [0, 0.05) is 13.0 Å². The Morgan fingerprint density at radius 1 is 1.42 bits per heavy atom. The van der Waals surface area contributed by atoms with Crippen molar-refractivity contribution in [3.05, 3.63) is 35.6 Å². The summed E-state index contributed by atoms with van der Waals surface area (Å²) in [4.78, 5) is 14.2. The summed E-state index contributed by atoms with van der Waals surface area (Å²) >= 11 is 0. The van der Waals surface area contributed by atoms with Crippen LogP contribution in [-0.4, -0.2) is 30.3 Å². The van der Waals surface area contributed by atoms with E-state index >= 15 is 0 Å². The van der Waals surface area contributed by atoms with Crippen molar-refractivity contribution in [1.29, 1.82) is 0 Å². The predicted molar refractivity (Wildman–Crippen MR) is 74.6 cm³/mol. The van der Waals surface area contributed by atoms with Gasteiger partial charge in [0.05, 0.1) is 6.54 Å². The smallest absolute Gasteiger partial charge is 0.151 e. The van der Waals surface area contributed by atoms with E-state index in [2.05, 4.69) is 11.8 Å². The molecule has 0 N–H and O–H groups in total. The monoisotopic (exact) mass is 263 g/mol. The Hall–Kier alpha value is -1.22. The molecule has 104 valence electrons. The molecule has 19 heavy (non-hydrogen) atoms. The summed E-state index contributed by atoms with van der Waals surface area (Å²) in [7, 11) is 0. The lowest BCUT2D eigenvalue weighted by atomic mass is 9.95. The predicted octanol–water partition coefficient (Wildman–Crippen LogP) is 3.06. The minimum absolute atomic E-state index is 0.113. The average molecular weight is 263 g/mol. The van der Waals surface area contributed by atoms with Crippen LogP contribution >= 0.6 is 0 Å². The first-order chi connectivity index (χ1) is 9.19. The molecule has 2 rings (SSSR count). The fourth-order valence-electron chi connectivity index (χ4n) is 2.79. The molecule has 2 nitrogen and oxygen atoms in total. The van der Waals surface area contributed by atoms with Gasteiger partial charge in [-0.25, -0.2) is 4.39 Å². The minimum Gasteiger partial charge on any atom is -0.298 e. The Kier molecular flexibility index (Phi) is 5.08. The molecule has 0 amide bonds. The largest absolute Gasteiger partial charge is 0.298 e. The van der Waals surface area contributed by atoms with Crippen LogP contribution in [-0.2, 0) is 11.2 Å². The third kappa shape index (κ3) is 4.13. The van der Waals surface area contributed by atoms with Crippen LogP contribution in [0, 0.1) is 11.7 Å². The van der Waals surface area contributed by atoms with Gasteiger partial charge >= 0.3 is 0 Å². The molecule has 1 fully saturated rings. The Morgan fingerprint density at radius 2 is 2.21 bits per heavy atom. The van der Waals surface area contributed by atoms with Crippen molar-refractivity contribution >= 4 is 5.78 Å². The quantitative estimate of drug-likeness (QED) is 0.813. The molecule has 0 aromatic heterocycles. The van der Waals surface area contributed by atoms with Crippen LogP contribution in [0.5, 0.6) is 0 Å². The molecule has 0 saturated carbocycles. The first-order valence-corrected chi connectivity index (χ1v) is 7.16. The van der Waals surface area contributed by atoms with Gasteiger partial charge in [0.25, 0.3) is 0 Å². The Bertz CT molecular complexity index is 433. The second kappa shape index (κ2) is 6.80. The summed E-state index contributed by atoms with van der Waals surface area (Å²) in [5.74, 6) is 0.554. The number of nitrogens with zero attached hydrogens (tertiary/aromatic N) is 1. The van der Waals surface area contributed by atoms with Crippen molar-refractivity contribution in [3.8, 4) is 0 Å². The first kappa shape index (κ1) is 14.2. The first-order valence-electron chi connectivity index (χ1n) is 7.16. The Labute approximate surface area is 114 Å². The SMILES string of the molecule is CCC1CCCN(CC(=O)Cc2ccccc2F)C1. The van der Waals surface area contributed by atoms with Crippen LogP contribution in [0.25, 0.3) is 0 Å². The lowest BCUT2D eigenvalue weighted by Gasteiger charge is -2.31. The van der Waals surface area contributed by atoms with Gasteiger partial charge in [0.15, 0.2) is 5.78 Å². The zero-order valence-electron chi connectivity index (χ0n) is 11.6. The fraction of sp³-hybridized carbons (Fsp3) is 0.562. The number of likely N-dealkylation sites (tertiary alicyclic amines) is 1. The van der Waals surface area contributed by atoms with Crippen LogP contribution in [0.3, 0.4) is 0 Å². The highest BCUT2D eigenvalue weighted by Crippen LogP contribution is 2.19. The van der Waals surface area contributed by atoms with Gasteiger partial charge in [-0.15, -0.1) is 0 Å². The van der Waals surface area contributed by atoms with Gasteiger partial charge in [-0.3, -0.25) is 9.69 Å². The number of ketones is 1. The molecule has 1 atom stereocenters. The zero-order chi connectivity index (χ0) is 13.7. The van der Waals surface area contributed by atoms with Gasteiger partial charge < -0.3 is 0 Å². The molecule has 0 bridgehead atoms. The van der Waals surface area contributed by atoms with Crippen molar-refractivity contribution in [1.82, 2.24) is 4.90 Å². The molecule has 1 aromatic carbocycles. The van der Waals surface area contributed by atoms with E-state index in [1.54, 1.807) is 18.2 Å². The Balaban J connectivity index is 1.86. The van der Waals surface area contributed by atoms with Gasteiger partial charge in [-0.1, -0.05) is 31.5 Å². The standard InChI is InChI=1S/C16H22FNO/c1-2-13-6-5-9-18(11-13)12-15(19)10-14-7-3-4-8-16(14)17/h3-4,7-8,13H,2,5-6,9-12H2,1H3. The van der Waals surface area contributed by atoms with Crippen LogP contribution in [0.1, 0.15) is 31.7 Å². The van der Waals surface area contributed by atoms with E-state index in [0.29, 0.717) is 12.1 Å². The number of carbonyl (C=O) groups is 1. The summed E-state index contributed by atoms with van der Waals surface area (Å²) in [5, 5.41) is 0. The highest BCUT2D eigenvalue weighted by Gasteiger charge is 2.20. The zero-order valence-corrected chi connectivity index (χ0v) is 11.6. The summed E-state index contributed by atoms with van der Waals surface area (Å²) < 4.78 is 13.5. The van der Waals surface area contributed by atoms with Gasteiger partial charge in [0.1, 0.15) is 5.82 Å². The number of hydrogen-bond donors (Lipinski definition) is 0. The summed E-state index contributed by atoms with van der Waals surface area (Å²) in [6.07, 6.45) is 3.83. The minimum atomic E-state index is -0.277. The third-order valence-electron chi connectivity index (χ3n) is 3.93. The molecule has 1 saturated heterocycles. The van der Waals surface area contributed by atoms with Crippen molar-refractivity contribution in [2.75, 3.05) is 19.6 Å². The maximum Gasteiger partial charge on any atom is 0.151 e. The molecule has 0 aliphatic carbocycles. The molecule has 1 aromatic rings. The van der Waals surface area contributed by atoms with E-state index < -0.39 is 0 Å². The van der Waals surface area contributed by atoms with Crippen molar-refractivity contribution in [3.63, 3.8) is 0 Å². The molecule has 3 heteroatoms. The molecule has 1 aliphatic rings. The molecular formula is C16H22FNO. The number of halogens is 1. The maximum atomic E-state index is 13.5. The second-order valence-corrected chi connectivity index (χ2v) is 5.46. The van der Waals surface area contributed by atoms with E-state index in [0.717, 1.165) is 19.0 Å². The summed E-state index contributed by atoms with van der Waals surface area (Å²) in [6.45, 7) is 4.68. The van der Waals surface area contributed by atoms with Gasteiger partial charge in [-0.2, -0.15) is 0 Å². The van der Waals surface area contributed by atoms with Crippen LogP contribution in [0.4, 0.5) is 4.39 Å². The number of carbonyl (C=O) groups excluding carboxylic acids is 1. The molecule has 0 radical (unpaired) electrons. The van der Waals surface area contributed by atoms with Crippen LogP contribution in [0.15, 0.2) is 24.3 Å². The molecule has 1 unspecified atom stereocenters. The maximum absolute atomic E-state index is 13.5. The van der Waals surface area contributed by atoms with Crippen LogP contribution in [0.2, 0.25) is 0 Å². The highest BCUT2D eigenvalue weighted by molar-refractivity contribution is 5.82. The van der Waals surface area contributed by atoms with Gasteiger partial charge in [-0.05, 0) is 36.9 Å². The molecule has 1 aliphatic heterocycles. The second-order valence-electron chi connectivity index (χ2n) is 5.46. The topological polar surface area (TPSA) is 20.3 Å². The molecular weight excluding hydrogens is 241 g/mol. The van der Waals surface area contributed by atoms with E-state index in [9.17, 15) is 9.18 Å². The molecule has 1 heterocycles. The number of Topliss-reactive ketones (excluding diaryl/α,β-unsaturated/α-hetero) is 1. The molecule has 0 spiro atoms. The van der Waals surface area contributed by atoms with Gasteiger partial charge in [0.2, 0.25) is 0 Å². The Morgan fingerprint density at radius 3 is 2.95 bits per heavy atom. The highest BCUT2D eigenvalue weighted by atomic mass is 19.1. The van der Waals surface area contributed by atoms with E-state index in [-0.39, 0.29) is 18.0 Å².